The van der Waals surface area contributed by atoms with Crippen molar-refractivity contribution in [1.82, 2.24) is 4.31 Å². The summed E-state index contributed by atoms with van der Waals surface area (Å²) in [7, 11) is 0. The second-order valence-corrected chi connectivity index (χ2v) is 4.56. The number of thiol groups is 1. The van der Waals surface area contributed by atoms with Crippen molar-refractivity contribution in [3.05, 3.63) is 0 Å². The van der Waals surface area contributed by atoms with Crippen molar-refractivity contribution in [2.75, 3.05) is 6.54 Å². The lowest BCUT2D eigenvalue weighted by Crippen LogP contribution is -2.28. The topological polar surface area (TPSA) is 3.01 Å². The third-order valence-corrected chi connectivity index (χ3v) is 3.12. The van der Waals surface area contributed by atoms with E-state index >= 15 is 0 Å². The molecular weight excluding hydrogens is 130 g/mol. The quantitative estimate of drug-likeness (QED) is 0.403. The summed E-state index contributed by atoms with van der Waals surface area (Å²) < 4.78 is 2.09. The van der Waals surface area contributed by atoms with Crippen LogP contribution in [0, 0.1) is 5.41 Å². The highest BCUT2D eigenvalue weighted by molar-refractivity contribution is 7.78. The third kappa shape index (κ3) is 0.987. The van der Waals surface area contributed by atoms with Gasteiger partial charge in [0.15, 0.2) is 0 Å². The van der Waals surface area contributed by atoms with Gasteiger partial charge in [-0.25, -0.2) is 4.31 Å². The summed E-state index contributed by atoms with van der Waals surface area (Å²) in [5, 5.41) is 0. The standard InChI is InChI=1S/C7H15NS/c1-6(2,3)7(4)5-8(7)9/h9H,5H2,1-4H3. The average molecular weight is 145 g/mol. The van der Waals surface area contributed by atoms with E-state index in [0.717, 1.165) is 6.54 Å². The molecule has 0 N–H and O–H groups in total. The summed E-state index contributed by atoms with van der Waals surface area (Å²) in [4.78, 5) is 0. The monoisotopic (exact) mass is 145 g/mol. The lowest BCUT2D eigenvalue weighted by Gasteiger charge is -2.26. The Morgan fingerprint density at radius 2 is 1.78 bits per heavy atom. The first-order chi connectivity index (χ1) is 3.88. The molecule has 1 aliphatic rings. The molecule has 0 bridgehead atoms. The predicted octanol–water partition coefficient (Wildman–Crippen LogP) is 1.95. The van der Waals surface area contributed by atoms with Gasteiger partial charge in [-0.2, -0.15) is 0 Å². The van der Waals surface area contributed by atoms with Crippen LogP contribution >= 0.6 is 12.8 Å². The third-order valence-electron chi connectivity index (χ3n) is 2.54. The summed E-state index contributed by atoms with van der Waals surface area (Å²) in [6, 6.07) is 0. The van der Waals surface area contributed by atoms with Gasteiger partial charge in [0.2, 0.25) is 0 Å². The van der Waals surface area contributed by atoms with Crippen LogP contribution in [0.4, 0.5) is 0 Å². The SMILES string of the molecule is CC(C)(C)C1(C)CN1S. The molecule has 1 aliphatic heterocycles. The van der Waals surface area contributed by atoms with Gasteiger partial charge >= 0.3 is 0 Å². The molecule has 2 unspecified atom stereocenters. The van der Waals surface area contributed by atoms with Crippen LogP contribution in [0.15, 0.2) is 0 Å². The smallest absolute Gasteiger partial charge is 0.0468 e. The van der Waals surface area contributed by atoms with Gasteiger partial charge in [0.25, 0.3) is 0 Å². The van der Waals surface area contributed by atoms with Gasteiger partial charge in [0.1, 0.15) is 0 Å². The van der Waals surface area contributed by atoms with Crippen molar-refractivity contribution in [2.24, 2.45) is 5.41 Å². The molecule has 0 radical (unpaired) electrons. The van der Waals surface area contributed by atoms with E-state index in [1.54, 1.807) is 0 Å². The average Bonchev–Trinajstić information content (AvgIpc) is 2.13. The molecule has 1 heterocycles. The molecule has 0 spiro atoms. The molecule has 0 saturated carbocycles. The molecule has 0 aromatic rings. The van der Waals surface area contributed by atoms with Crippen molar-refractivity contribution in [1.29, 1.82) is 0 Å². The van der Waals surface area contributed by atoms with Crippen LogP contribution in [-0.4, -0.2) is 16.4 Å². The molecule has 2 heteroatoms. The Labute approximate surface area is 63.0 Å². The first-order valence-corrected chi connectivity index (χ1v) is 3.74. The van der Waals surface area contributed by atoms with E-state index < -0.39 is 0 Å². The molecule has 2 atom stereocenters. The first-order valence-electron chi connectivity index (χ1n) is 3.34. The maximum absolute atomic E-state index is 4.28. The molecular formula is C7H15NS. The number of nitrogens with zero attached hydrogens (tertiary/aromatic N) is 1. The Morgan fingerprint density at radius 3 is 1.78 bits per heavy atom. The predicted molar refractivity (Wildman–Crippen MR) is 43.6 cm³/mol. The highest BCUT2D eigenvalue weighted by Crippen LogP contribution is 2.47. The maximum Gasteiger partial charge on any atom is 0.0468 e. The molecule has 0 aliphatic carbocycles. The highest BCUT2D eigenvalue weighted by Gasteiger charge is 2.54. The number of rotatable bonds is 0. The summed E-state index contributed by atoms with van der Waals surface area (Å²) in [5.74, 6) is 0. The molecule has 0 aromatic carbocycles. The summed E-state index contributed by atoms with van der Waals surface area (Å²) in [6.07, 6.45) is 0. The molecule has 54 valence electrons. The zero-order valence-corrected chi connectivity index (χ0v) is 7.50. The lowest BCUT2D eigenvalue weighted by atomic mass is 9.82. The van der Waals surface area contributed by atoms with Crippen molar-refractivity contribution in [3.8, 4) is 0 Å². The fourth-order valence-corrected chi connectivity index (χ4v) is 1.46. The minimum atomic E-state index is 0.343. The fourth-order valence-electron chi connectivity index (χ4n) is 0.881. The van der Waals surface area contributed by atoms with Crippen molar-refractivity contribution < 1.29 is 0 Å². The summed E-state index contributed by atoms with van der Waals surface area (Å²) in [6.45, 7) is 10.1. The largest absolute Gasteiger partial charge is 0.244 e. The summed E-state index contributed by atoms with van der Waals surface area (Å²) in [5.41, 5.74) is 0.713. The highest BCUT2D eigenvalue weighted by atomic mass is 32.1. The first kappa shape index (κ1) is 7.42. The lowest BCUT2D eigenvalue weighted by molar-refractivity contribution is 0.282. The van der Waals surface area contributed by atoms with Gasteiger partial charge in [-0.3, -0.25) is 0 Å². The molecule has 0 aromatic heterocycles. The van der Waals surface area contributed by atoms with Crippen molar-refractivity contribution in [2.45, 2.75) is 33.2 Å². The van der Waals surface area contributed by atoms with E-state index in [2.05, 4.69) is 44.8 Å². The van der Waals surface area contributed by atoms with Crippen LogP contribution in [0.25, 0.3) is 0 Å². The zero-order valence-electron chi connectivity index (χ0n) is 6.60. The van der Waals surface area contributed by atoms with Crippen molar-refractivity contribution >= 4 is 12.8 Å². The Kier molecular flexibility index (Phi) is 1.38. The van der Waals surface area contributed by atoms with Gasteiger partial charge in [-0.1, -0.05) is 33.6 Å². The van der Waals surface area contributed by atoms with E-state index in [1.807, 2.05) is 0 Å². The van der Waals surface area contributed by atoms with Gasteiger partial charge in [-0.15, -0.1) is 0 Å². The van der Waals surface area contributed by atoms with E-state index in [0.29, 0.717) is 11.0 Å². The number of hydrogen-bond donors (Lipinski definition) is 1. The summed E-state index contributed by atoms with van der Waals surface area (Å²) >= 11 is 4.28. The number of hydrogen-bond acceptors (Lipinski definition) is 2. The Balaban J connectivity index is 2.64. The van der Waals surface area contributed by atoms with Crippen LogP contribution in [0.1, 0.15) is 27.7 Å². The minimum absolute atomic E-state index is 0.343. The molecule has 0 amide bonds. The second kappa shape index (κ2) is 1.67. The second-order valence-electron chi connectivity index (χ2n) is 4.08. The van der Waals surface area contributed by atoms with Crippen molar-refractivity contribution in [3.63, 3.8) is 0 Å². The Hall–Kier alpha value is 0.310. The van der Waals surface area contributed by atoms with E-state index in [-0.39, 0.29) is 0 Å². The molecule has 1 fully saturated rings. The minimum Gasteiger partial charge on any atom is -0.244 e. The molecule has 1 nitrogen and oxygen atoms in total. The van der Waals surface area contributed by atoms with Crippen LogP contribution < -0.4 is 0 Å². The fraction of sp³-hybridized carbons (Fsp3) is 1.00. The zero-order chi connectivity index (χ0) is 7.28. The Morgan fingerprint density at radius 1 is 1.44 bits per heavy atom. The van der Waals surface area contributed by atoms with E-state index in [9.17, 15) is 0 Å². The van der Waals surface area contributed by atoms with Gasteiger partial charge < -0.3 is 0 Å². The molecule has 1 saturated heterocycles. The van der Waals surface area contributed by atoms with Crippen LogP contribution in [0.5, 0.6) is 0 Å². The van der Waals surface area contributed by atoms with E-state index in [4.69, 9.17) is 0 Å². The van der Waals surface area contributed by atoms with Gasteiger partial charge in [0, 0.05) is 12.1 Å². The van der Waals surface area contributed by atoms with Gasteiger partial charge in [-0.05, 0) is 12.3 Å². The van der Waals surface area contributed by atoms with E-state index in [1.165, 1.54) is 0 Å². The van der Waals surface area contributed by atoms with Crippen LogP contribution in [0.3, 0.4) is 0 Å². The van der Waals surface area contributed by atoms with Gasteiger partial charge in [0.05, 0.1) is 0 Å². The normalized spacial score (nSPS) is 43.0. The van der Waals surface area contributed by atoms with Crippen LogP contribution in [-0.2, 0) is 0 Å². The van der Waals surface area contributed by atoms with Crippen LogP contribution in [0.2, 0.25) is 0 Å². The molecule has 9 heavy (non-hydrogen) atoms. The Bertz CT molecular complexity index is 127. The molecule has 1 rings (SSSR count). The maximum atomic E-state index is 4.28.